The Labute approximate surface area is 153 Å². The van der Waals surface area contributed by atoms with Crippen LogP contribution in [0.15, 0.2) is 48.8 Å². The summed E-state index contributed by atoms with van der Waals surface area (Å²) in [4.78, 5) is 13.7. The highest BCUT2D eigenvalue weighted by Crippen LogP contribution is 2.29. The molecule has 5 nitrogen and oxygen atoms in total. The molecule has 1 aliphatic rings. The molecule has 2 heterocycles. The van der Waals surface area contributed by atoms with Crippen LogP contribution in [0.3, 0.4) is 0 Å². The van der Waals surface area contributed by atoms with Gasteiger partial charge in [-0.1, -0.05) is 31.4 Å². The molecule has 26 heavy (non-hydrogen) atoms. The zero-order valence-electron chi connectivity index (χ0n) is 14.8. The lowest BCUT2D eigenvalue weighted by atomic mass is 9.95. The van der Waals surface area contributed by atoms with Crippen molar-refractivity contribution in [3.05, 3.63) is 48.8 Å². The lowest BCUT2D eigenvalue weighted by molar-refractivity contribution is 0.203. The Hall–Kier alpha value is -2.53. The molecule has 0 saturated heterocycles. The van der Waals surface area contributed by atoms with Gasteiger partial charge in [-0.15, -0.1) is 0 Å². The molecule has 0 radical (unpaired) electrons. The summed E-state index contributed by atoms with van der Waals surface area (Å²) in [5.41, 5.74) is 1.82. The smallest absolute Gasteiger partial charge is 0.163 e. The van der Waals surface area contributed by atoms with Crippen LogP contribution in [0.5, 0.6) is 0 Å². The molecule has 0 bridgehead atoms. The van der Waals surface area contributed by atoms with Crippen LogP contribution in [0, 0.1) is 5.92 Å². The molecule has 2 atom stereocenters. The van der Waals surface area contributed by atoms with Crippen molar-refractivity contribution in [3.63, 3.8) is 0 Å². The van der Waals surface area contributed by atoms with E-state index in [0.29, 0.717) is 5.82 Å². The molecule has 3 aromatic rings. The van der Waals surface area contributed by atoms with E-state index in [9.17, 15) is 5.11 Å². The second-order valence-electron chi connectivity index (χ2n) is 6.99. The fourth-order valence-corrected chi connectivity index (χ4v) is 3.78. The largest absolute Gasteiger partial charge is 0.396 e. The van der Waals surface area contributed by atoms with Crippen LogP contribution >= 0.6 is 0 Å². The topological polar surface area (TPSA) is 70.9 Å². The van der Waals surface area contributed by atoms with Crippen LogP contribution in [-0.2, 0) is 0 Å². The molecule has 0 spiro atoms. The first-order valence-corrected chi connectivity index (χ1v) is 9.40. The number of anilines is 1. The molecule has 2 aromatic heterocycles. The summed E-state index contributed by atoms with van der Waals surface area (Å²) in [6.07, 6.45) is 9.28. The first-order chi connectivity index (χ1) is 12.8. The third-order valence-electron chi connectivity index (χ3n) is 5.24. The van der Waals surface area contributed by atoms with Crippen molar-refractivity contribution in [1.29, 1.82) is 0 Å². The van der Waals surface area contributed by atoms with Gasteiger partial charge >= 0.3 is 0 Å². The maximum absolute atomic E-state index is 9.83. The summed E-state index contributed by atoms with van der Waals surface area (Å²) in [6.45, 7) is 0.218. The predicted molar refractivity (Wildman–Crippen MR) is 104 cm³/mol. The van der Waals surface area contributed by atoms with E-state index in [1.165, 1.54) is 19.3 Å². The minimum Gasteiger partial charge on any atom is -0.396 e. The summed E-state index contributed by atoms with van der Waals surface area (Å²) in [7, 11) is 0. The Balaban J connectivity index is 1.75. The molecular weight excluding hydrogens is 324 g/mol. The quantitative estimate of drug-likeness (QED) is 0.696. The van der Waals surface area contributed by atoms with Gasteiger partial charge in [0.25, 0.3) is 0 Å². The van der Waals surface area contributed by atoms with E-state index >= 15 is 0 Å². The van der Waals surface area contributed by atoms with Gasteiger partial charge in [-0.05, 0) is 37.1 Å². The number of benzene rings is 1. The second-order valence-corrected chi connectivity index (χ2v) is 6.99. The minimum atomic E-state index is 0.218. The maximum Gasteiger partial charge on any atom is 0.163 e. The normalized spacial score (nSPS) is 20.7. The van der Waals surface area contributed by atoms with Crippen LogP contribution in [0.1, 0.15) is 32.1 Å². The Morgan fingerprint density at radius 1 is 1.00 bits per heavy atom. The van der Waals surface area contributed by atoms with E-state index < -0.39 is 0 Å². The number of nitrogens with zero attached hydrogens (tertiary/aromatic N) is 3. The lowest BCUT2D eigenvalue weighted by Gasteiger charge is -2.25. The number of hydrogen-bond acceptors (Lipinski definition) is 5. The van der Waals surface area contributed by atoms with Gasteiger partial charge in [-0.25, -0.2) is 9.97 Å². The third-order valence-corrected chi connectivity index (χ3v) is 5.24. The number of nitrogens with one attached hydrogen (secondary N) is 1. The molecule has 1 saturated carbocycles. The first kappa shape index (κ1) is 16.9. The zero-order chi connectivity index (χ0) is 17.8. The molecule has 2 unspecified atom stereocenters. The molecular formula is C21H24N4O. The van der Waals surface area contributed by atoms with Gasteiger partial charge in [0, 0.05) is 41.9 Å². The minimum absolute atomic E-state index is 0.218. The predicted octanol–water partition coefficient (Wildman–Crippen LogP) is 4.04. The van der Waals surface area contributed by atoms with E-state index in [2.05, 4.69) is 16.4 Å². The van der Waals surface area contributed by atoms with Crippen LogP contribution in [0.4, 0.5) is 5.82 Å². The van der Waals surface area contributed by atoms with Gasteiger partial charge < -0.3 is 10.4 Å². The summed E-state index contributed by atoms with van der Waals surface area (Å²) in [5.74, 6) is 1.79. The number of pyridine rings is 1. The number of aliphatic hydroxyl groups excluding tert-OH is 1. The Morgan fingerprint density at radius 3 is 2.73 bits per heavy atom. The van der Waals surface area contributed by atoms with E-state index in [1.54, 1.807) is 12.4 Å². The highest BCUT2D eigenvalue weighted by molar-refractivity contribution is 5.90. The van der Waals surface area contributed by atoms with Gasteiger partial charge in [0.05, 0.1) is 5.52 Å². The third kappa shape index (κ3) is 3.53. The Kier molecular flexibility index (Phi) is 5.07. The summed E-state index contributed by atoms with van der Waals surface area (Å²) >= 11 is 0. The Morgan fingerprint density at radius 2 is 1.88 bits per heavy atom. The highest BCUT2D eigenvalue weighted by Gasteiger charge is 2.24. The first-order valence-electron chi connectivity index (χ1n) is 9.40. The molecule has 0 aliphatic heterocycles. The fraction of sp³-hybridized carbons (Fsp3) is 0.381. The number of para-hydroxylation sites is 1. The second kappa shape index (κ2) is 7.79. The van der Waals surface area contributed by atoms with Gasteiger partial charge in [0.15, 0.2) is 5.82 Å². The van der Waals surface area contributed by atoms with E-state index in [0.717, 1.165) is 35.1 Å². The van der Waals surface area contributed by atoms with Crippen LogP contribution < -0.4 is 5.32 Å². The van der Waals surface area contributed by atoms with Gasteiger partial charge in [0.1, 0.15) is 5.82 Å². The SMILES string of the molecule is OCC1CCCCCC1Nc1nc(-c2cccnc2)nc2ccccc12. The standard InChI is InChI=1S/C21H24N4O/c26-14-16-7-2-1-3-10-18(16)23-21-17-9-4-5-11-19(17)24-20(25-21)15-8-6-12-22-13-15/h4-6,8-9,11-13,16,18,26H,1-3,7,10,14H2,(H,23,24,25). The maximum atomic E-state index is 9.83. The van der Waals surface area contributed by atoms with Crippen LogP contribution in [0.25, 0.3) is 22.3 Å². The molecule has 5 heteroatoms. The van der Waals surface area contributed by atoms with Gasteiger partial charge in [-0.2, -0.15) is 0 Å². The van der Waals surface area contributed by atoms with Crippen molar-refractivity contribution in [2.24, 2.45) is 5.92 Å². The number of fused-ring (bicyclic) bond motifs is 1. The van der Waals surface area contributed by atoms with Gasteiger partial charge in [-0.3, -0.25) is 4.98 Å². The van der Waals surface area contributed by atoms with Crippen molar-refractivity contribution in [3.8, 4) is 11.4 Å². The van der Waals surface area contributed by atoms with Crippen molar-refractivity contribution in [2.75, 3.05) is 11.9 Å². The molecule has 2 N–H and O–H groups in total. The van der Waals surface area contributed by atoms with E-state index in [-0.39, 0.29) is 18.6 Å². The van der Waals surface area contributed by atoms with Crippen molar-refractivity contribution in [2.45, 2.75) is 38.1 Å². The summed E-state index contributed by atoms with van der Waals surface area (Å²) in [6, 6.07) is 12.2. The average molecular weight is 348 g/mol. The highest BCUT2D eigenvalue weighted by atomic mass is 16.3. The van der Waals surface area contributed by atoms with Gasteiger partial charge in [0.2, 0.25) is 0 Å². The van der Waals surface area contributed by atoms with Crippen molar-refractivity contribution < 1.29 is 5.11 Å². The van der Waals surface area contributed by atoms with Crippen molar-refractivity contribution >= 4 is 16.7 Å². The van der Waals surface area contributed by atoms with Crippen LogP contribution in [0.2, 0.25) is 0 Å². The monoisotopic (exact) mass is 348 g/mol. The molecule has 0 amide bonds. The molecule has 1 aliphatic carbocycles. The number of hydrogen-bond donors (Lipinski definition) is 2. The van der Waals surface area contributed by atoms with Crippen molar-refractivity contribution in [1.82, 2.24) is 15.0 Å². The number of aromatic nitrogens is 3. The lowest BCUT2D eigenvalue weighted by Crippen LogP contribution is -2.31. The molecule has 134 valence electrons. The average Bonchev–Trinajstić information content (AvgIpc) is 2.93. The molecule has 1 fully saturated rings. The zero-order valence-corrected chi connectivity index (χ0v) is 14.8. The van der Waals surface area contributed by atoms with E-state index in [4.69, 9.17) is 9.97 Å². The summed E-state index contributed by atoms with van der Waals surface area (Å²) in [5, 5.41) is 14.5. The van der Waals surface area contributed by atoms with Crippen LogP contribution in [-0.4, -0.2) is 32.7 Å². The van der Waals surface area contributed by atoms with E-state index in [1.807, 2.05) is 30.3 Å². The number of aliphatic hydroxyl groups is 1. The molecule has 1 aromatic carbocycles. The number of rotatable bonds is 4. The molecule has 4 rings (SSSR count). The fourth-order valence-electron chi connectivity index (χ4n) is 3.78. The summed E-state index contributed by atoms with van der Waals surface area (Å²) < 4.78 is 0. The Bertz CT molecular complexity index is 868.